The van der Waals surface area contributed by atoms with Crippen LogP contribution in [0, 0.1) is 0 Å². The van der Waals surface area contributed by atoms with Crippen LogP contribution in [0.5, 0.6) is 0 Å². The average Bonchev–Trinajstić information content (AvgIpc) is 2.34. The summed E-state index contributed by atoms with van der Waals surface area (Å²) in [6.45, 7) is 1.55. The van der Waals surface area contributed by atoms with E-state index in [2.05, 4.69) is 15.3 Å². The van der Waals surface area contributed by atoms with Gasteiger partial charge in [-0.25, -0.2) is 9.97 Å². The molecule has 1 N–H and O–H groups in total. The molecule has 2 heterocycles. The molecular formula is C12H17F3N4. The average molecular weight is 274 g/mol. The summed E-state index contributed by atoms with van der Waals surface area (Å²) in [6.07, 6.45) is -3.65. The Balaban J connectivity index is 2.37. The van der Waals surface area contributed by atoms with E-state index in [0.717, 1.165) is 0 Å². The molecule has 1 aliphatic heterocycles. The van der Waals surface area contributed by atoms with E-state index in [0.29, 0.717) is 38.2 Å². The Morgan fingerprint density at radius 3 is 2.63 bits per heavy atom. The van der Waals surface area contributed by atoms with Gasteiger partial charge in [0.25, 0.3) is 0 Å². The zero-order valence-corrected chi connectivity index (χ0v) is 11.0. The first-order valence-corrected chi connectivity index (χ1v) is 6.19. The highest BCUT2D eigenvalue weighted by molar-refractivity contribution is 5.30. The third-order valence-corrected chi connectivity index (χ3v) is 3.03. The Hall–Kier alpha value is -1.21. The molecular weight excluding hydrogens is 257 g/mol. The van der Waals surface area contributed by atoms with Gasteiger partial charge < -0.3 is 10.2 Å². The summed E-state index contributed by atoms with van der Waals surface area (Å²) in [4.78, 5) is 9.89. The van der Waals surface area contributed by atoms with E-state index in [1.807, 2.05) is 19.0 Å². The van der Waals surface area contributed by atoms with Gasteiger partial charge in [0.15, 0.2) is 5.69 Å². The van der Waals surface area contributed by atoms with Gasteiger partial charge >= 0.3 is 6.18 Å². The van der Waals surface area contributed by atoms with Gasteiger partial charge in [0, 0.05) is 25.1 Å². The molecule has 0 aromatic carbocycles. The van der Waals surface area contributed by atoms with Crippen molar-refractivity contribution >= 4 is 0 Å². The lowest BCUT2D eigenvalue weighted by atomic mass is 10.0. The molecule has 0 fully saturated rings. The minimum Gasteiger partial charge on any atom is -0.311 e. The molecule has 106 valence electrons. The highest BCUT2D eigenvalue weighted by atomic mass is 19.4. The Morgan fingerprint density at radius 1 is 1.26 bits per heavy atom. The second kappa shape index (κ2) is 5.42. The molecule has 0 saturated heterocycles. The number of rotatable bonds is 3. The number of hydrogen-bond donors (Lipinski definition) is 1. The fourth-order valence-electron chi connectivity index (χ4n) is 2.08. The van der Waals surface area contributed by atoms with Crippen molar-refractivity contribution in [2.75, 3.05) is 27.2 Å². The standard InChI is InChI=1S/C12H17F3N4/c1-19(2)6-4-10-17-9-7-16-5-3-8(9)11(18-10)12(13,14)15/h16H,3-7H2,1-2H3. The Kier molecular flexibility index (Phi) is 4.05. The summed E-state index contributed by atoms with van der Waals surface area (Å²) in [7, 11) is 3.73. The molecule has 0 unspecified atom stereocenters. The molecule has 4 nitrogen and oxygen atoms in total. The predicted octanol–water partition coefficient (Wildman–Crippen LogP) is 1.25. The van der Waals surface area contributed by atoms with Crippen molar-refractivity contribution in [2.24, 2.45) is 0 Å². The van der Waals surface area contributed by atoms with Crippen LogP contribution in [0.1, 0.15) is 22.8 Å². The number of fused-ring (bicyclic) bond motifs is 1. The van der Waals surface area contributed by atoms with Crippen LogP contribution in [0.2, 0.25) is 0 Å². The number of alkyl halides is 3. The number of halogens is 3. The van der Waals surface area contributed by atoms with Crippen LogP contribution in [0.25, 0.3) is 0 Å². The third-order valence-electron chi connectivity index (χ3n) is 3.03. The molecule has 7 heteroatoms. The molecule has 0 radical (unpaired) electrons. The van der Waals surface area contributed by atoms with E-state index >= 15 is 0 Å². The van der Waals surface area contributed by atoms with Gasteiger partial charge in [0.2, 0.25) is 0 Å². The lowest BCUT2D eigenvalue weighted by Crippen LogP contribution is -2.29. The topological polar surface area (TPSA) is 41.1 Å². The zero-order valence-electron chi connectivity index (χ0n) is 11.0. The SMILES string of the molecule is CN(C)CCc1nc2c(c(C(F)(F)F)n1)CCNC2. The van der Waals surface area contributed by atoms with Gasteiger partial charge in [-0.2, -0.15) is 13.2 Å². The molecule has 0 atom stereocenters. The van der Waals surface area contributed by atoms with E-state index in [-0.39, 0.29) is 11.4 Å². The highest BCUT2D eigenvalue weighted by Crippen LogP contribution is 2.32. The number of likely N-dealkylation sites (N-methyl/N-ethyl adjacent to an activating group) is 1. The lowest BCUT2D eigenvalue weighted by Gasteiger charge is -2.21. The van der Waals surface area contributed by atoms with Crippen molar-refractivity contribution in [1.29, 1.82) is 0 Å². The first-order valence-electron chi connectivity index (χ1n) is 6.19. The maximum atomic E-state index is 13.0. The molecule has 0 saturated carbocycles. The molecule has 1 aromatic heterocycles. The lowest BCUT2D eigenvalue weighted by molar-refractivity contribution is -0.142. The van der Waals surface area contributed by atoms with Crippen LogP contribution in [-0.4, -0.2) is 42.1 Å². The number of nitrogens with one attached hydrogen (secondary N) is 1. The molecule has 1 aromatic rings. The van der Waals surface area contributed by atoms with Crippen LogP contribution in [0.15, 0.2) is 0 Å². The van der Waals surface area contributed by atoms with Crippen molar-refractivity contribution in [3.05, 3.63) is 22.8 Å². The second-order valence-electron chi connectivity index (χ2n) is 4.89. The predicted molar refractivity (Wildman–Crippen MR) is 64.7 cm³/mol. The molecule has 19 heavy (non-hydrogen) atoms. The Bertz CT molecular complexity index is 457. The third kappa shape index (κ3) is 3.42. The van der Waals surface area contributed by atoms with E-state index < -0.39 is 11.9 Å². The quantitative estimate of drug-likeness (QED) is 0.900. The summed E-state index contributed by atoms with van der Waals surface area (Å²) in [5.74, 6) is 0.267. The zero-order chi connectivity index (χ0) is 14.0. The number of nitrogens with zero attached hydrogens (tertiary/aromatic N) is 3. The van der Waals surface area contributed by atoms with Gasteiger partial charge in [-0.15, -0.1) is 0 Å². The summed E-state index contributed by atoms with van der Waals surface area (Å²) in [6, 6.07) is 0. The van der Waals surface area contributed by atoms with Crippen LogP contribution in [0.4, 0.5) is 13.2 Å². The van der Waals surface area contributed by atoms with Crippen molar-refractivity contribution in [2.45, 2.75) is 25.6 Å². The van der Waals surface area contributed by atoms with E-state index in [1.54, 1.807) is 0 Å². The number of aromatic nitrogens is 2. The van der Waals surface area contributed by atoms with E-state index in [9.17, 15) is 13.2 Å². The molecule has 0 bridgehead atoms. The van der Waals surface area contributed by atoms with Gasteiger partial charge in [0.05, 0.1) is 5.69 Å². The van der Waals surface area contributed by atoms with E-state index in [1.165, 1.54) is 0 Å². The van der Waals surface area contributed by atoms with Crippen molar-refractivity contribution in [3.8, 4) is 0 Å². The summed E-state index contributed by atoms with van der Waals surface area (Å²) < 4.78 is 39.1. The van der Waals surface area contributed by atoms with Crippen molar-refractivity contribution in [1.82, 2.24) is 20.2 Å². The van der Waals surface area contributed by atoms with Crippen molar-refractivity contribution < 1.29 is 13.2 Å². The minimum absolute atomic E-state index is 0.250. The van der Waals surface area contributed by atoms with Gasteiger partial charge in [-0.05, 0) is 27.1 Å². The fourth-order valence-corrected chi connectivity index (χ4v) is 2.08. The van der Waals surface area contributed by atoms with Gasteiger partial charge in [0.1, 0.15) is 5.82 Å². The molecule has 2 rings (SSSR count). The Morgan fingerprint density at radius 2 is 2.00 bits per heavy atom. The summed E-state index contributed by atoms with van der Waals surface area (Å²) in [5, 5.41) is 3.04. The van der Waals surface area contributed by atoms with Crippen LogP contribution < -0.4 is 5.32 Å². The highest BCUT2D eigenvalue weighted by Gasteiger charge is 2.37. The van der Waals surface area contributed by atoms with Crippen molar-refractivity contribution in [3.63, 3.8) is 0 Å². The largest absolute Gasteiger partial charge is 0.433 e. The van der Waals surface area contributed by atoms with E-state index in [4.69, 9.17) is 0 Å². The first-order chi connectivity index (χ1) is 8.88. The van der Waals surface area contributed by atoms with Gasteiger partial charge in [-0.3, -0.25) is 0 Å². The monoisotopic (exact) mass is 274 g/mol. The maximum Gasteiger partial charge on any atom is 0.433 e. The van der Waals surface area contributed by atoms with Crippen LogP contribution >= 0.6 is 0 Å². The Labute approximate surface area is 110 Å². The number of hydrogen-bond acceptors (Lipinski definition) is 4. The molecule has 0 amide bonds. The molecule has 1 aliphatic rings. The fraction of sp³-hybridized carbons (Fsp3) is 0.667. The van der Waals surface area contributed by atoms with Crippen LogP contribution in [0.3, 0.4) is 0 Å². The maximum absolute atomic E-state index is 13.0. The normalized spacial score (nSPS) is 15.7. The molecule has 0 aliphatic carbocycles. The van der Waals surface area contributed by atoms with Crippen LogP contribution in [-0.2, 0) is 25.6 Å². The second-order valence-corrected chi connectivity index (χ2v) is 4.89. The van der Waals surface area contributed by atoms with Gasteiger partial charge in [-0.1, -0.05) is 0 Å². The molecule has 0 spiro atoms. The first kappa shape index (κ1) is 14.2. The smallest absolute Gasteiger partial charge is 0.311 e. The summed E-state index contributed by atoms with van der Waals surface area (Å²) >= 11 is 0. The minimum atomic E-state index is -4.41. The summed E-state index contributed by atoms with van der Waals surface area (Å²) in [5.41, 5.74) is -0.0186.